The van der Waals surface area contributed by atoms with Crippen molar-refractivity contribution in [3.63, 3.8) is 0 Å². The highest BCUT2D eigenvalue weighted by Crippen LogP contribution is 2.33. The van der Waals surface area contributed by atoms with Gasteiger partial charge in [0.25, 0.3) is 5.91 Å². The lowest BCUT2D eigenvalue weighted by atomic mass is 9.90. The minimum atomic E-state index is 0.0478. The fourth-order valence-electron chi connectivity index (χ4n) is 4.12. The summed E-state index contributed by atoms with van der Waals surface area (Å²) in [6, 6.07) is 16.1. The van der Waals surface area contributed by atoms with Gasteiger partial charge in [0, 0.05) is 36.5 Å². The molecule has 1 fully saturated rings. The Bertz CT molecular complexity index is 1110. The number of nitrogens with one attached hydrogen (secondary N) is 1. The summed E-state index contributed by atoms with van der Waals surface area (Å²) in [4.78, 5) is 15.1. The zero-order valence-electron chi connectivity index (χ0n) is 15.5. The number of piperidine rings is 1. The standard InChI is InChI=1S/C22H21N5O/c28-22(19-14-24-27-12-5-4-10-20(19)27)26-11-6-9-17(15-26)21-18(13-23-25-21)16-7-2-1-3-8-16/h1-5,7-8,10,12-14,17H,6,9,11,15H2,(H,23,25)/t17-/m1/s1. The quantitative estimate of drug-likeness (QED) is 0.596. The number of aromatic nitrogens is 4. The van der Waals surface area contributed by atoms with Crippen molar-refractivity contribution < 1.29 is 4.79 Å². The van der Waals surface area contributed by atoms with Gasteiger partial charge < -0.3 is 4.90 Å². The third kappa shape index (κ3) is 2.87. The molecule has 1 aliphatic rings. The Morgan fingerprint density at radius 2 is 1.93 bits per heavy atom. The molecule has 0 radical (unpaired) electrons. The van der Waals surface area contributed by atoms with Gasteiger partial charge >= 0.3 is 0 Å². The second-order valence-corrected chi connectivity index (χ2v) is 7.24. The number of H-pyrrole nitrogens is 1. The molecule has 1 aliphatic heterocycles. The molecule has 4 heterocycles. The number of amides is 1. The molecule has 6 heteroatoms. The first kappa shape index (κ1) is 16.7. The van der Waals surface area contributed by atoms with E-state index in [1.165, 1.54) is 0 Å². The van der Waals surface area contributed by atoms with Crippen molar-refractivity contribution >= 4 is 11.4 Å². The Hall–Kier alpha value is -3.41. The van der Waals surface area contributed by atoms with E-state index < -0.39 is 0 Å². The van der Waals surface area contributed by atoms with Crippen molar-refractivity contribution in [2.24, 2.45) is 0 Å². The maximum Gasteiger partial charge on any atom is 0.257 e. The Morgan fingerprint density at radius 3 is 2.82 bits per heavy atom. The van der Waals surface area contributed by atoms with Crippen LogP contribution in [0.5, 0.6) is 0 Å². The molecule has 1 N–H and O–H groups in total. The van der Waals surface area contributed by atoms with E-state index in [1.807, 2.05) is 53.7 Å². The summed E-state index contributed by atoms with van der Waals surface area (Å²) in [6.45, 7) is 1.46. The molecule has 0 spiro atoms. The molecule has 0 bridgehead atoms. The van der Waals surface area contributed by atoms with Crippen LogP contribution in [0.2, 0.25) is 0 Å². The number of carbonyl (C=O) groups is 1. The summed E-state index contributed by atoms with van der Waals surface area (Å²) in [5.74, 6) is 0.295. The summed E-state index contributed by atoms with van der Waals surface area (Å²) < 4.78 is 1.75. The molecule has 1 atom stereocenters. The molecule has 140 valence electrons. The zero-order chi connectivity index (χ0) is 18.9. The Labute approximate surface area is 162 Å². The van der Waals surface area contributed by atoms with E-state index in [1.54, 1.807) is 10.7 Å². The number of hydrogen-bond donors (Lipinski definition) is 1. The van der Waals surface area contributed by atoms with Gasteiger partial charge in [0.15, 0.2) is 0 Å². The average Bonchev–Trinajstić information content (AvgIpc) is 3.41. The average molecular weight is 371 g/mol. The van der Waals surface area contributed by atoms with Crippen molar-refractivity contribution in [1.82, 2.24) is 24.7 Å². The number of aromatic amines is 1. The first-order valence-corrected chi connectivity index (χ1v) is 9.61. The number of carbonyl (C=O) groups excluding carboxylic acids is 1. The summed E-state index contributed by atoms with van der Waals surface area (Å²) in [5, 5.41) is 11.8. The molecule has 0 saturated carbocycles. The van der Waals surface area contributed by atoms with E-state index >= 15 is 0 Å². The monoisotopic (exact) mass is 371 g/mol. The number of benzene rings is 1. The van der Waals surface area contributed by atoms with Crippen molar-refractivity contribution in [2.45, 2.75) is 18.8 Å². The molecule has 1 aromatic carbocycles. The lowest BCUT2D eigenvalue weighted by Gasteiger charge is -2.32. The lowest BCUT2D eigenvalue weighted by molar-refractivity contribution is 0.0708. The number of nitrogens with zero attached hydrogens (tertiary/aromatic N) is 4. The summed E-state index contributed by atoms with van der Waals surface area (Å²) in [6.07, 6.45) is 7.44. The molecule has 4 aromatic rings. The second-order valence-electron chi connectivity index (χ2n) is 7.24. The van der Waals surface area contributed by atoms with Gasteiger partial charge in [-0.1, -0.05) is 36.4 Å². The first-order valence-electron chi connectivity index (χ1n) is 9.61. The third-order valence-electron chi connectivity index (χ3n) is 5.53. The topological polar surface area (TPSA) is 66.3 Å². The van der Waals surface area contributed by atoms with E-state index in [2.05, 4.69) is 27.4 Å². The Morgan fingerprint density at radius 1 is 1.07 bits per heavy atom. The fourth-order valence-corrected chi connectivity index (χ4v) is 4.12. The van der Waals surface area contributed by atoms with E-state index in [4.69, 9.17) is 0 Å². The van der Waals surface area contributed by atoms with Gasteiger partial charge in [-0.25, -0.2) is 4.52 Å². The summed E-state index contributed by atoms with van der Waals surface area (Å²) in [7, 11) is 0. The molecule has 1 amide bonds. The van der Waals surface area contributed by atoms with E-state index in [9.17, 15) is 4.79 Å². The van der Waals surface area contributed by atoms with Crippen LogP contribution in [0.4, 0.5) is 0 Å². The van der Waals surface area contributed by atoms with E-state index in [0.717, 1.165) is 41.7 Å². The highest BCUT2D eigenvalue weighted by molar-refractivity contribution is 6.00. The molecule has 3 aromatic heterocycles. The fraction of sp³-hybridized carbons (Fsp3) is 0.227. The van der Waals surface area contributed by atoms with Crippen LogP contribution in [-0.2, 0) is 0 Å². The normalized spacial score (nSPS) is 17.1. The Kier molecular flexibility index (Phi) is 4.16. The predicted molar refractivity (Wildman–Crippen MR) is 107 cm³/mol. The second kappa shape index (κ2) is 6.96. The van der Waals surface area contributed by atoms with Crippen LogP contribution in [-0.4, -0.2) is 43.7 Å². The molecule has 28 heavy (non-hydrogen) atoms. The van der Waals surface area contributed by atoms with Crippen molar-refractivity contribution in [3.05, 3.63) is 78.4 Å². The van der Waals surface area contributed by atoms with Crippen molar-refractivity contribution in [2.75, 3.05) is 13.1 Å². The van der Waals surface area contributed by atoms with E-state index in [-0.39, 0.29) is 11.8 Å². The zero-order valence-corrected chi connectivity index (χ0v) is 15.5. The van der Waals surface area contributed by atoms with Crippen molar-refractivity contribution in [3.8, 4) is 11.1 Å². The molecule has 0 aliphatic carbocycles. The highest BCUT2D eigenvalue weighted by atomic mass is 16.2. The SMILES string of the molecule is O=C(c1cnn2ccccc12)N1CCC[C@@H](c2[nH]ncc2-c2ccccc2)C1. The lowest BCUT2D eigenvalue weighted by Crippen LogP contribution is -2.39. The van der Waals surface area contributed by atoms with Crippen LogP contribution < -0.4 is 0 Å². The van der Waals surface area contributed by atoms with Gasteiger partial charge in [0.05, 0.1) is 23.5 Å². The van der Waals surface area contributed by atoms with Crippen LogP contribution >= 0.6 is 0 Å². The van der Waals surface area contributed by atoms with Gasteiger partial charge in [-0.3, -0.25) is 9.89 Å². The maximum absolute atomic E-state index is 13.2. The van der Waals surface area contributed by atoms with E-state index in [0.29, 0.717) is 12.1 Å². The molecule has 0 unspecified atom stereocenters. The third-order valence-corrected chi connectivity index (χ3v) is 5.53. The largest absolute Gasteiger partial charge is 0.338 e. The van der Waals surface area contributed by atoms with Crippen LogP contribution in [0.3, 0.4) is 0 Å². The number of pyridine rings is 1. The summed E-state index contributed by atoms with van der Waals surface area (Å²) >= 11 is 0. The first-order chi connectivity index (χ1) is 13.8. The highest BCUT2D eigenvalue weighted by Gasteiger charge is 2.29. The van der Waals surface area contributed by atoms with Gasteiger partial charge in [-0.15, -0.1) is 0 Å². The molecule has 1 saturated heterocycles. The van der Waals surface area contributed by atoms with Gasteiger partial charge in [0.1, 0.15) is 0 Å². The molecular weight excluding hydrogens is 350 g/mol. The van der Waals surface area contributed by atoms with Gasteiger partial charge in [-0.2, -0.15) is 10.2 Å². The van der Waals surface area contributed by atoms with Gasteiger partial charge in [-0.05, 0) is 30.5 Å². The molecular formula is C22H21N5O. The maximum atomic E-state index is 13.2. The van der Waals surface area contributed by atoms with Crippen LogP contribution in [0, 0.1) is 0 Å². The van der Waals surface area contributed by atoms with Crippen LogP contribution in [0.1, 0.15) is 34.8 Å². The molecule has 5 rings (SSSR count). The molecule has 6 nitrogen and oxygen atoms in total. The number of fused-ring (bicyclic) bond motifs is 1. The predicted octanol–water partition coefficient (Wildman–Crippen LogP) is 3.74. The minimum absolute atomic E-state index is 0.0478. The van der Waals surface area contributed by atoms with Gasteiger partial charge in [0.2, 0.25) is 0 Å². The van der Waals surface area contributed by atoms with Crippen LogP contribution in [0.15, 0.2) is 67.1 Å². The Balaban J connectivity index is 1.42. The summed E-state index contributed by atoms with van der Waals surface area (Å²) in [5.41, 5.74) is 4.90. The minimum Gasteiger partial charge on any atom is -0.338 e. The number of likely N-dealkylation sites (tertiary alicyclic amines) is 1. The van der Waals surface area contributed by atoms with Crippen LogP contribution in [0.25, 0.3) is 16.6 Å². The smallest absolute Gasteiger partial charge is 0.257 e. The number of rotatable bonds is 3. The number of hydrogen-bond acceptors (Lipinski definition) is 3. The van der Waals surface area contributed by atoms with Crippen molar-refractivity contribution in [1.29, 1.82) is 0 Å².